The zero-order valence-electron chi connectivity index (χ0n) is 15.7. The molecule has 1 amide bonds. The molecule has 5 heteroatoms. The van der Waals surface area contributed by atoms with Crippen LogP contribution in [0.3, 0.4) is 0 Å². The molecule has 3 rings (SSSR count). The van der Waals surface area contributed by atoms with Gasteiger partial charge in [0, 0.05) is 5.56 Å². The van der Waals surface area contributed by atoms with E-state index in [0.717, 1.165) is 17.0 Å². The number of amides is 1. The number of aromatic nitrogens is 1. The van der Waals surface area contributed by atoms with Crippen molar-refractivity contribution in [2.45, 2.75) is 26.9 Å². The summed E-state index contributed by atoms with van der Waals surface area (Å²) in [5.41, 5.74) is 3.21. The van der Waals surface area contributed by atoms with Crippen LogP contribution in [-0.4, -0.2) is 17.0 Å². The summed E-state index contributed by atoms with van der Waals surface area (Å²) >= 11 is 0. The first-order chi connectivity index (χ1) is 13.0. The third kappa shape index (κ3) is 5.07. The summed E-state index contributed by atoms with van der Waals surface area (Å²) in [6, 6.07) is 18.8. The van der Waals surface area contributed by atoms with E-state index in [1.807, 2.05) is 69.3 Å². The zero-order chi connectivity index (χ0) is 19.2. The molecule has 1 heterocycles. The number of anilines is 3. The summed E-state index contributed by atoms with van der Waals surface area (Å²) in [5, 5.41) is 6.10. The monoisotopic (exact) mass is 361 g/mol. The minimum Gasteiger partial charge on any atom is -0.489 e. The summed E-state index contributed by atoms with van der Waals surface area (Å²) < 4.78 is 5.80. The second-order valence-electron chi connectivity index (χ2n) is 6.54. The lowest BCUT2D eigenvalue weighted by Crippen LogP contribution is -2.12. The van der Waals surface area contributed by atoms with Crippen molar-refractivity contribution in [3.63, 3.8) is 0 Å². The van der Waals surface area contributed by atoms with Gasteiger partial charge in [0.05, 0.1) is 23.7 Å². The third-order valence-electron chi connectivity index (χ3n) is 3.85. The number of pyridine rings is 1. The van der Waals surface area contributed by atoms with E-state index in [4.69, 9.17) is 4.74 Å². The van der Waals surface area contributed by atoms with E-state index in [1.165, 1.54) is 0 Å². The summed E-state index contributed by atoms with van der Waals surface area (Å²) in [4.78, 5) is 16.7. The number of hydrogen-bond donors (Lipinski definition) is 2. The van der Waals surface area contributed by atoms with Crippen LogP contribution in [0.2, 0.25) is 0 Å². The molecule has 0 saturated heterocycles. The Bertz CT molecular complexity index is 904. The average molecular weight is 361 g/mol. The quantitative estimate of drug-likeness (QED) is 0.635. The lowest BCUT2D eigenvalue weighted by molar-refractivity contribution is 0.102. The Kier molecular flexibility index (Phi) is 5.71. The van der Waals surface area contributed by atoms with Gasteiger partial charge in [-0.3, -0.25) is 4.79 Å². The number of nitrogens with zero attached hydrogens (tertiary/aromatic N) is 1. The Morgan fingerprint density at radius 1 is 1.00 bits per heavy atom. The zero-order valence-corrected chi connectivity index (χ0v) is 15.7. The van der Waals surface area contributed by atoms with Gasteiger partial charge < -0.3 is 15.4 Å². The molecule has 0 unspecified atom stereocenters. The fourth-order valence-electron chi connectivity index (χ4n) is 2.51. The molecule has 138 valence electrons. The SMILES string of the molecule is Cc1ccc(C(=O)Nc2ccc(Nc3ccccc3OC(C)C)nc2)cc1. The molecular weight excluding hydrogens is 338 g/mol. The van der Waals surface area contributed by atoms with Crippen molar-refractivity contribution in [2.24, 2.45) is 0 Å². The van der Waals surface area contributed by atoms with E-state index >= 15 is 0 Å². The van der Waals surface area contributed by atoms with Gasteiger partial charge in [0.1, 0.15) is 11.6 Å². The van der Waals surface area contributed by atoms with Crippen LogP contribution in [0.1, 0.15) is 29.8 Å². The fraction of sp³-hybridized carbons (Fsp3) is 0.182. The Labute approximate surface area is 159 Å². The van der Waals surface area contributed by atoms with Gasteiger partial charge in [0.15, 0.2) is 0 Å². The van der Waals surface area contributed by atoms with E-state index < -0.39 is 0 Å². The molecular formula is C22H23N3O2. The lowest BCUT2D eigenvalue weighted by atomic mass is 10.1. The summed E-state index contributed by atoms with van der Waals surface area (Å²) in [6.07, 6.45) is 1.71. The molecule has 1 aromatic heterocycles. The van der Waals surface area contributed by atoms with Gasteiger partial charge in [-0.2, -0.15) is 0 Å². The molecule has 0 saturated carbocycles. The van der Waals surface area contributed by atoms with Crippen LogP contribution in [0, 0.1) is 6.92 Å². The highest BCUT2D eigenvalue weighted by Crippen LogP contribution is 2.27. The summed E-state index contributed by atoms with van der Waals surface area (Å²) in [6.45, 7) is 5.96. The molecule has 0 spiro atoms. The molecule has 0 aliphatic rings. The first kappa shape index (κ1) is 18.5. The van der Waals surface area contributed by atoms with Crippen LogP contribution in [0.4, 0.5) is 17.2 Å². The van der Waals surface area contributed by atoms with E-state index in [-0.39, 0.29) is 12.0 Å². The van der Waals surface area contributed by atoms with Crippen molar-refractivity contribution in [3.8, 4) is 5.75 Å². The third-order valence-corrected chi connectivity index (χ3v) is 3.85. The molecule has 2 aromatic carbocycles. The first-order valence-corrected chi connectivity index (χ1v) is 8.88. The smallest absolute Gasteiger partial charge is 0.255 e. The number of rotatable bonds is 6. The normalized spacial score (nSPS) is 10.5. The fourth-order valence-corrected chi connectivity index (χ4v) is 2.51. The Morgan fingerprint density at radius 3 is 2.41 bits per heavy atom. The van der Waals surface area contributed by atoms with Gasteiger partial charge >= 0.3 is 0 Å². The highest BCUT2D eigenvalue weighted by atomic mass is 16.5. The number of carbonyl (C=O) groups excluding carboxylic acids is 1. The van der Waals surface area contributed by atoms with Crippen molar-refractivity contribution in [1.82, 2.24) is 4.98 Å². The predicted molar refractivity (Wildman–Crippen MR) is 109 cm³/mol. The number of hydrogen-bond acceptors (Lipinski definition) is 4. The molecule has 3 aromatic rings. The Hall–Kier alpha value is -3.34. The van der Waals surface area contributed by atoms with Crippen molar-refractivity contribution in [1.29, 1.82) is 0 Å². The van der Waals surface area contributed by atoms with Gasteiger partial charge in [-0.15, -0.1) is 0 Å². The van der Waals surface area contributed by atoms with Gasteiger partial charge in [-0.05, 0) is 57.2 Å². The van der Waals surface area contributed by atoms with E-state index in [2.05, 4.69) is 15.6 Å². The molecule has 27 heavy (non-hydrogen) atoms. The van der Waals surface area contributed by atoms with Gasteiger partial charge in [-0.25, -0.2) is 4.98 Å². The molecule has 0 fully saturated rings. The van der Waals surface area contributed by atoms with Crippen molar-refractivity contribution in [3.05, 3.63) is 78.0 Å². The summed E-state index contributed by atoms with van der Waals surface area (Å²) in [5.74, 6) is 1.28. The van der Waals surface area contributed by atoms with Crippen LogP contribution in [-0.2, 0) is 0 Å². The number of benzene rings is 2. The summed E-state index contributed by atoms with van der Waals surface area (Å²) in [7, 11) is 0. The predicted octanol–water partition coefficient (Wildman–Crippen LogP) is 5.17. The Morgan fingerprint density at radius 2 is 1.74 bits per heavy atom. The van der Waals surface area contributed by atoms with Crippen LogP contribution in [0.5, 0.6) is 5.75 Å². The van der Waals surface area contributed by atoms with E-state index in [9.17, 15) is 4.79 Å². The van der Waals surface area contributed by atoms with Gasteiger partial charge in [-0.1, -0.05) is 29.8 Å². The minimum absolute atomic E-state index is 0.0836. The highest BCUT2D eigenvalue weighted by molar-refractivity contribution is 6.04. The highest BCUT2D eigenvalue weighted by Gasteiger charge is 2.08. The molecule has 0 bridgehead atoms. The minimum atomic E-state index is -0.159. The number of aryl methyl sites for hydroxylation is 1. The second kappa shape index (κ2) is 8.36. The lowest BCUT2D eigenvalue weighted by Gasteiger charge is -2.15. The largest absolute Gasteiger partial charge is 0.489 e. The van der Waals surface area contributed by atoms with Gasteiger partial charge in [0.25, 0.3) is 5.91 Å². The van der Waals surface area contributed by atoms with Crippen LogP contribution < -0.4 is 15.4 Å². The first-order valence-electron chi connectivity index (χ1n) is 8.88. The average Bonchev–Trinajstić information content (AvgIpc) is 2.65. The van der Waals surface area contributed by atoms with Crippen LogP contribution in [0.15, 0.2) is 66.9 Å². The Balaban J connectivity index is 1.67. The van der Waals surface area contributed by atoms with Crippen molar-refractivity contribution in [2.75, 3.05) is 10.6 Å². The number of carbonyl (C=O) groups is 1. The molecule has 0 radical (unpaired) electrons. The molecule has 2 N–H and O–H groups in total. The molecule has 5 nitrogen and oxygen atoms in total. The van der Waals surface area contributed by atoms with E-state index in [0.29, 0.717) is 17.1 Å². The number of nitrogens with one attached hydrogen (secondary N) is 2. The van der Waals surface area contributed by atoms with Gasteiger partial charge in [0.2, 0.25) is 0 Å². The van der Waals surface area contributed by atoms with Crippen molar-refractivity contribution >= 4 is 23.1 Å². The molecule has 0 atom stereocenters. The van der Waals surface area contributed by atoms with Crippen LogP contribution >= 0.6 is 0 Å². The maximum Gasteiger partial charge on any atom is 0.255 e. The van der Waals surface area contributed by atoms with Crippen LogP contribution in [0.25, 0.3) is 0 Å². The standard InChI is InChI=1S/C22H23N3O2/c1-15(2)27-20-7-5-4-6-19(20)25-21-13-12-18(14-23-21)24-22(26)17-10-8-16(3)9-11-17/h4-15H,1-3H3,(H,23,25)(H,24,26). The molecule has 0 aliphatic heterocycles. The second-order valence-corrected chi connectivity index (χ2v) is 6.54. The molecule has 0 aliphatic carbocycles. The number of para-hydroxylation sites is 2. The topological polar surface area (TPSA) is 63.2 Å². The van der Waals surface area contributed by atoms with Crippen molar-refractivity contribution < 1.29 is 9.53 Å². The maximum atomic E-state index is 12.3. The maximum absolute atomic E-state index is 12.3. The van der Waals surface area contributed by atoms with E-state index in [1.54, 1.807) is 18.3 Å². The number of ether oxygens (including phenoxy) is 1.